The van der Waals surface area contributed by atoms with E-state index >= 15 is 0 Å². The van der Waals surface area contributed by atoms with Gasteiger partial charge in [0, 0.05) is 12.2 Å². The molecule has 0 aromatic heterocycles. The lowest BCUT2D eigenvalue weighted by molar-refractivity contribution is -0.133. The Labute approximate surface area is 158 Å². The molecule has 0 bridgehead atoms. The molecule has 6 heteroatoms. The van der Waals surface area contributed by atoms with Gasteiger partial charge in [0.15, 0.2) is 0 Å². The highest BCUT2D eigenvalue weighted by Gasteiger charge is 2.52. The van der Waals surface area contributed by atoms with E-state index < -0.39 is 11.5 Å². The number of carbonyl (C=O) groups is 2. The molecule has 2 saturated heterocycles. The summed E-state index contributed by atoms with van der Waals surface area (Å²) < 4.78 is 0. The van der Waals surface area contributed by atoms with E-state index in [4.69, 9.17) is 5.11 Å². The van der Waals surface area contributed by atoms with Crippen LogP contribution in [0.25, 0.3) is 0 Å². The van der Waals surface area contributed by atoms with E-state index in [1.165, 1.54) is 0 Å². The van der Waals surface area contributed by atoms with Crippen LogP contribution in [0, 0.1) is 0 Å². The molecule has 2 aromatic rings. The summed E-state index contributed by atoms with van der Waals surface area (Å²) in [6.07, 6.45) is 1.57. The van der Waals surface area contributed by atoms with Crippen molar-refractivity contribution in [1.29, 1.82) is 0 Å². The largest absolute Gasteiger partial charge is 0.478 e. The molecule has 0 saturated carbocycles. The van der Waals surface area contributed by atoms with Gasteiger partial charge in [-0.15, -0.1) is 0 Å². The molecule has 2 aromatic carbocycles. The molecule has 0 aliphatic carbocycles. The van der Waals surface area contributed by atoms with Crippen LogP contribution in [0.2, 0.25) is 0 Å². The van der Waals surface area contributed by atoms with E-state index in [0.717, 1.165) is 37.2 Å². The van der Waals surface area contributed by atoms with Gasteiger partial charge in [0.05, 0.1) is 12.2 Å². The Morgan fingerprint density at radius 2 is 1.70 bits per heavy atom. The molecule has 2 heterocycles. The summed E-state index contributed by atoms with van der Waals surface area (Å²) in [5.74, 6) is -0.780. The number of amides is 1. The van der Waals surface area contributed by atoms with Crippen molar-refractivity contribution in [2.24, 2.45) is 0 Å². The molecule has 2 aliphatic rings. The van der Waals surface area contributed by atoms with Gasteiger partial charge in [0.1, 0.15) is 5.54 Å². The monoisotopic (exact) mass is 365 g/mol. The molecule has 4 rings (SSSR count). The first-order valence-electron chi connectivity index (χ1n) is 9.25. The van der Waals surface area contributed by atoms with E-state index in [1.54, 1.807) is 24.3 Å². The standard InChI is InChI=1S/C21H23N3O3/c25-19(26)17-8-6-16(7-9-17)14-23-15-24(18-4-2-1-3-5-18)21(20(23)27)10-12-22-13-11-21/h1-9,22H,10-15H2,(H,25,26). The lowest BCUT2D eigenvalue weighted by Gasteiger charge is -2.40. The summed E-state index contributed by atoms with van der Waals surface area (Å²) >= 11 is 0. The highest BCUT2D eigenvalue weighted by molar-refractivity contribution is 5.93. The van der Waals surface area contributed by atoms with Gasteiger partial charge in [0.25, 0.3) is 0 Å². The van der Waals surface area contributed by atoms with Crippen molar-refractivity contribution in [3.05, 3.63) is 65.7 Å². The van der Waals surface area contributed by atoms with E-state index in [2.05, 4.69) is 22.3 Å². The molecule has 0 atom stereocenters. The lowest BCUT2D eigenvalue weighted by atomic mass is 9.86. The minimum atomic E-state index is -0.942. The maximum Gasteiger partial charge on any atom is 0.335 e. The number of aromatic carboxylic acids is 1. The second-order valence-corrected chi connectivity index (χ2v) is 7.19. The summed E-state index contributed by atoms with van der Waals surface area (Å²) in [6, 6.07) is 16.9. The van der Waals surface area contributed by atoms with Crippen LogP contribution in [-0.4, -0.2) is 47.2 Å². The maximum absolute atomic E-state index is 13.4. The summed E-state index contributed by atoms with van der Waals surface area (Å²) in [6.45, 7) is 2.69. The fourth-order valence-corrected chi connectivity index (χ4v) is 4.14. The molecule has 2 N–H and O–H groups in total. The molecule has 0 radical (unpaired) electrons. The number of hydrogen-bond donors (Lipinski definition) is 2. The minimum Gasteiger partial charge on any atom is -0.478 e. The summed E-state index contributed by atoms with van der Waals surface area (Å²) in [4.78, 5) is 28.6. The van der Waals surface area contributed by atoms with Gasteiger partial charge in [-0.05, 0) is 55.8 Å². The van der Waals surface area contributed by atoms with E-state index in [0.29, 0.717) is 13.2 Å². The van der Waals surface area contributed by atoms with Crippen LogP contribution in [0.4, 0.5) is 5.69 Å². The lowest BCUT2D eigenvalue weighted by Crippen LogP contribution is -2.55. The number of piperidine rings is 1. The molecule has 2 aliphatic heterocycles. The Morgan fingerprint density at radius 3 is 2.33 bits per heavy atom. The normalized spacial score (nSPS) is 18.9. The third kappa shape index (κ3) is 3.17. The number of para-hydroxylation sites is 1. The Hall–Kier alpha value is -2.86. The van der Waals surface area contributed by atoms with E-state index in [-0.39, 0.29) is 11.5 Å². The van der Waals surface area contributed by atoms with Crippen LogP contribution in [-0.2, 0) is 11.3 Å². The summed E-state index contributed by atoms with van der Waals surface area (Å²) in [5, 5.41) is 12.4. The second-order valence-electron chi connectivity index (χ2n) is 7.19. The molecule has 0 unspecified atom stereocenters. The highest BCUT2D eigenvalue weighted by Crippen LogP contribution is 2.38. The van der Waals surface area contributed by atoms with Gasteiger partial charge >= 0.3 is 5.97 Å². The number of carbonyl (C=O) groups excluding carboxylic acids is 1. The smallest absolute Gasteiger partial charge is 0.335 e. The zero-order chi connectivity index (χ0) is 18.9. The molecule has 6 nitrogen and oxygen atoms in total. The molecule has 2 fully saturated rings. The van der Waals surface area contributed by atoms with Gasteiger partial charge in [-0.3, -0.25) is 4.79 Å². The van der Waals surface area contributed by atoms with Crippen LogP contribution < -0.4 is 10.2 Å². The van der Waals surface area contributed by atoms with Gasteiger partial charge in [-0.2, -0.15) is 0 Å². The summed E-state index contributed by atoms with van der Waals surface area (Å²) in [5.41, 5.74) is 1.77. The van der Waals surface area contributed by atoms with Crippen molar-refractivity contribution in [3.63, 3.8) is 0 Å². The molecular formula is C21H23N3O3. The zero-order valence-electron chi connectivity index (χ0n) is 15.1. The molecule has 1 spiro atoms. The van der Waals surface area contributed by atoms with Crippen molar-refractivity contribution in [1.82, 2.24) is 10.2 Å². The second kappa shape index (κ2) is 7.04. The average molecular weight is 365 g/mol. The van der Waals surface area contributed by atoms with Crippen molar-refractivity contribution < 1.29 is 14.7 Å². The quantitative estimate of drug-likeness (QED) is 0.870. The van der Waals surface area contributed by atoms with Crippen molar-refractivity contribution in [2.75, 3.05) is 24.7 Å². The number of nitrogens with zero attached hydrogens (tertiary/aromatic N) is 2. The van der Waals surface area contributed by atoms with Crippen molar-refractivity contribution in [2.45, 2.75) is 24.9 Å². The average Bonchev–Trinajstić information content (AvgIpc) is 2.96. The predicted octanol–water partition coefficient (Wildman–Crippen LogP) is 2.31. The number of anilines is 1. The van der Waals surface area contributed by atoms with Gasteiger partial charge in [0.2, 0.25) is 5.91 Å². The number of benzene rings is 2. The van der Waals surface area contributed by atoms with Crippen molar-refractivity contribution >= 4 is 17.6 Å². The van der Waals surface area contributed by atoms with Crippen LogP contribution in [0.5, 0.6) is 0 Å². The third-order valence-corrected chi connectivity index (χ3v) is 5.59. The topological polar surface area (TPSA) is 72.9 Å². The highest BCUT2D eigenvalue weighted by atomic mass is 16.4. The molecule has 1 amide bonds. The van der Waals surface area contributed by atoms with Crippen LogP contribution in [0.15, 0.2) is 54.6 Å². The predicted molar refractivity (Wildman–Crippen MR) is 103 cm³/mol. The molecular weight excluding hydrogens is 342 g/mol. The molecule has 140 valence electrons. The van der Waals surface area contributed by atoms with Gasteiger partial charge in [-0.1, -0.05) is 30.3 Å². The number of carboxylic acid groups (broad SMARTS) is 1. The zero-order valence-corrected chi connectivity index (χ0v) is 15.1. The Kier molecular flexibility index (Phi) is 4.58. The first-order chi connectivity index (χ1) is 13.1. The number of carboxylic acids is 1. The first kappa shape index (κ1) is 17.5. The number of hydrogen-bond acceptors (Lipinski definition) is 4. The minimum absolute atomic E-state index is 0.162. The summed E-state index contributed by atoms with van der Waals surface area (Å²) in [7, 11) is 0. The van der Waals surface area contributed by atoms with Crippen LogP contribution in [0.3, 0.4) is 0 Å². The van der Waals surface area contributed by atoms with Crippen LogP contribution in [0.1, 0.15) is 28.8 Å². The van der Waals surface area contributed by atoms with Gasteiger partial charge < -0.3 is 20.2 Å². The van der Waals surface area contributed by atoms with Gasteiger partial charge in [-0.25, -0.2) is 4.79 Å². The molecule has 27 heavy (non-hydrogen) atoms. The fraction of sp³-hybridized carbons (Fsp3) is 0.333. The first-order valence-corrected chi connectivity index (χ1v) is 9.25. The number of nitrogens with one attached hydrogen (secondary N) is 1. The van der Waals surface area contributed by atoms with E-state index in [1.807, 2.05) is 23.1 Å². The Balaban J connectivity index is 1.61. The Morgan fingerprint density at radius 1 is 1.04 bits per heavy atom. The number of rotatable bonds is 4. The third-order valence-electron chi connectivity index (χ3n) is 5.59. The fourth-order valence-electron chi connectivity index (χ4n) is 4.14. The van der Waals surface area contributed by atoms with E-state index in [9.17, 15) is 9.59 Å². The maximum atomic E-state index is 13.4. The van der Waals surface area contributed by atoms with Crippen molar-refractivity contribution in [3.8, 4) is 0 Å². The SMILES string of the molecule is O=C(O)c1ccc(CN2CN(c3ccccc3)C3(CCNCC3)C2=O)cc1. The van der Waals surface area contributed by atoms with Crippen LogP contribution >= 0.6 is 0 Å². The Bertz CT molecular complexity index is 830.